The van der Waals surface area contributed by atoms with Crippen LogP contribution in [0.3, 0.4) is 0 Å². The Morgan fingerprint density at radius 1 is 0.917 bits per heavy atom. The van der Waals surface area contributed by atoms with E-state index in [4.69, 9.17) is 16.3 Å². The maximum Gasteiger partial charge on any atom is 0.339 e. The Kier molecular flexibility index (Phi) is 4.82. The molecule has 0 radical (unpaired) electrons. The summed E-state index contributed by atoms with van der Waals surface area (Å²) in [5.41, 5.74) is 3.94. The van der Waals surface area contributed by atoms with Gasteiger partial charge in [0.2, 0.25) is 0 Å². The number of rotatable bonds is 4. The van der Waals surface area contributed by atoms with Crippen LogP contribution in [0.2, 0.25) is 5.02 Å². The van der Waals surface area contributed by atoms with Crippen LogP contribution < -0.4 is 5.32 Å². The van der Waals surface area contributed by atoms with Crippen molar-refractivity contribution in [3.8, 4) is 11.1 Å². The van der Waals surface area contributed by atoms with Gasteiger partial charge in [-0.3, -0.25) is 0 Å². The van der Waals surface area contributed by atoms with Crippen LogP contribution in [0.5, 0.6) is 0 Å². The number of anilines is 2. The Bertz CT molecular complexity index is 845. The molecule has 3 rings (SSSR count). The summed E-state index contributed by atoms with van der Waals surface area (Å²) in [5.74, 6) is -0.385. The van der Waals surface area contributed by atoms with Crippen LogP contribution in [0.1, 0.15) is 10.4 Å². The molecule has 4 heteroatoms. The predicted molar refractivity (Wildman–Crippen MR) is 98.0 cm³/mol. The van der Waals surface area contributed by atoms with Gasteiger partial charge in [0.25, 0.3) is 0 Å². The van der Waals surface area contributed by atoms with E-state index in [0.29, 0.717) is 16.3 Å². The van der Waals surface area contributed by atoms with E-state index in [9.17, 15) is 4.79 Å². The van der Waals surface area contributed by atoms with Crippen LogP contribution in [0, 0.1) is 0 Å². The molecule has 3 aromatic rings. The number of ether oxygens (including phenoxy) is 1. The summed E-state index contributed by atoms with van der Waals surface area (Å²) in [7, 11) is 1.38. The van der Waals surface area contributed by atoms with E-state index in [1.54, 1.807) is 6.07 Å². The molecule has 0 atom stereocenters. The third-order valence-corrected chi connectivity index (χ3v) is 3.92. The van der Waals surface area contributed by atoms with E-state index in [-0.39, 0.29) is 5.97 Å². The quantitative estimate of drug-likeness (QED) is 0.635. The van der Waals surface area contributed by atoms with E-state index < -0.39 is 0 Å². The molecular weight excluding hydrogens is 322 g/mol. The summed E-state index contributed by atoms with van der Waals surface area (Å²) in [4.78, 5) is 12.2. The highest BCUT2D eigenvalue weighted by atomic mass is 35.5. The highest BCUT2D eigenvalue weighted by molar-refractivity contribution is 6.30. The van der Waals surface area contributed by atoms with Crippen molar-refractivity contribution in [1.29, 1.82) is 0 Å². The molecule has 0 aliphatic carbocycles. The monoisotopic (exact) mass is 337 g/mol. The van der Waals surface area contributed by atoms with Gasteiger partial charge >= 0.3 is 5.97 Å². The summed E-state index contributed by atoms with van der Waals surface area (Å²) in [6.07, 6.45) is 0. The molecule has 0 spiro atoms. The second kappa shape index (κ2) is 7.20. The third-order valence-electron chi connectivity index (χ3n) is 3.67. The highest BCUT2D eigenvalue weighted by Crippen LogP contribution is 2.34. The Morgan fingerprint density at radius 2 is 1.62 bits per heavy atom. The Hall–Kier alpha value is -2.78. The number of hydrogen-bond donors (Lipinski definition) is 1. The lowest BCUT2D eigenvalue weighted by atomic mass is 9.99. The van der Waals surface area contributed by atoms with Crippen molar-refractivity contribution < 1.29 is 9.53 Å². The number of carbonyl (C=O) groups excluding carboxylic acids is 1. The van der Waals surface area contributed by atoms with Crippen molar-refractivity contribution in [3.05, 3.63) is 83.4 Å². The Labute approximate surface area is 145 Å². The van der Waals surface area contributed by atoms with Gasteiger partial charge in [0.15, 0.2) is 0 Å². The topological polar surface area (TPSA) is 38.3 Å². The molecule has 0 aliphatic heterocycles. The van der Waals surface area contributed by atoms with Gasteiger partial charge in [-0.2, -0.15) is 0 Å². The SMILES string of the molecule is COC(=O)c1cccc(-c2ccc(Cl)cc2)c1Nc1ccccc1. The summed E-state index contributed by atoms with van der Waals surface area (Å²) >= 11 is 5.98. The largest absolute Gasteiger partial charge is 0.465 e. The summed E-state index contributed by atoms with van der Waals surface area (Å²) in [5, 5.41) is 4.00. The number of esters is 1. The first-order valence-corrected chi connectivity index (χ1v) is 7.86. The molecule has 0 unspecified atom stereocenters. The molecule has 0 heterocycles. The fourth-order valence-electron chi connectivity index (χ4n) is 2.50. The van der Waals surface area contributed by atoms with Gasteiger partial charge in [-0.15, -0.1) is 0 Å². The van der Waals surface area contributed by atoms with Gasteiger partial charge in [-0.25, -0.2) is 4.79 Å². The first-order chi connectivity index (χ1) is 11.7. The van der Waals surface area contributed by atoms with Gasteiger partial charge < -0.3 is 10.1 Å². The molecular formula is C20H16ClNO2. The van der Waals surface area contributed by atoms with E-state index in [1.165, 1.54) is 7.11 Å². The molecule has 3 aromatic carbocycles. The maximum absolute atomic E-state index is 12.2. The number of methoxy groups -OCH3 is 1. The lowest BCUT2D eigenvalue weighted by Gasteiger charge is -2.16. The zero-order valence-electron chi connectivity index (χ0n) is 13.1. The average Bonchev–Trinajstić information content (AvgIpc) is 2.63. The molecule has 0 bridgehead atoms. The number of nitrogens with one attached hydrogen (secondary N) is 1. The number of carbonyl (C=O) groups is 1. The van der Waals surface area contributed by atoms with Crippen LogP contribution in [-0.2, 0) is 4.74 Å². The first-order valence-electron chi connectivity index (χ1n) is 7.48. The van der Waals surface area contributed by atoms with Crippen LogP contribution in [0.15, 0.2) is 72.8 Å². The normalized spacial score (nSPS) is 10.2. The first kappa shape index (κ1) is 16.1. The van der Waals surface area contributed by atoms with Crippen molar-refractivity contribution in [3.63, 3.8) is 0 Å². The number of halogens is 1. The van der Waals surface area contributed by atoms with Crippen LogP contribution in [0.4, 0.5) is 11.4 Å². The fourth-order valence-corrected chi connectivity index (χ4v) is 2.63. The molecule has 120 valence electrons. The average molecular weight is 338 g/mol. The molecule has 0 aromatic heterocycles. The zero-order chi connectivity index (χ0) is 16.9. The van der Waals surface area contributed by atoms with Gasteiger partial charge in [-0.1, -0.05) is 54.1 Å². The Balaban J connectivity index is 2.14. The lowest BCUT2D eigenvalue weighted by molar-refractivity contribution is 0.0602. The van der Waals surface area contributed by atoms with Gasteiger partial charge in [-0.05, 0) is 35.9 Å². The minimum absolute atomic E-state index is 0.385. The second-order valence-electron chi connectivity index (χ2n) is 5.22. The predicted octanol–water partition coefficient (Wildman–Crippen LogP) is 5.54. The molecule has 0 saturated carbocycles. The van der Waals surface area contributed by atoms with Crippen molar-refractivity contribution >= 4 is 28.9 Å². The van der Waals surface area contributed by atoms with Crippen molar-refractivity contribution in [2.24, 2.45) is 0 Å². The standard InChI is InChI=1S/C20H16ClNO2/c1-24-20(23)18-9-5-8-17(14-10-12-15(21)13-11-14)19(18)22-16-6-3-2-4-7-16/h2-13,22H,1H3. The van der Waals surface area contributed by atoms with E-state index in [1.807, 2.05) is 66.7 Å². The van der Waals surface area contributed by atoms with Crippen LogP contribution in [0.25, 0.3) is 11.1 Å². The van der Waals surface area contributed by atoms with Crippen molar-refractivity contribution in [1.82, 2.24) is 0 Å². The Morgan fingerprint density at radius 3 is 2.29 bits per heavy atom. The maximum atomic E-state index is 12.2. The van der Waals surface area contributed by atoms with Gasteiger partial charge in [0.1, 0.15) is 0 Å². The lowest BCUT2D eigenvalue weighted by Crippen LogP contribution is -2.07. The van der Waals surface area contributed by atoms with Crippen molar-refractivity contribution in [2.45, 2.75) is 0 Å². The second-order valence-corrected chi connectivity index (χ2v) is 5.65. The van der Waals surface area contributed by atoms with Crippen molar-refractivity contribution in [2.75, 3.05) is 12.4 Å². The number of benzene rings is 3. The highest BCUT2D eigenvalue weighted by Gasteiger charge is 2.16. The molecule has 0 saturated heterocycles. The minimum Gasteiger partial charge on any atom is -0.465 e. The molecule has 24 heavy (non-hydrogen) atoms. The third kappa shape index (κ3) is 3.42. The number of hydrogen-bond acceptors (Lipinski definition) is 3. The minimum atomic E-state index is -0.385. The van der Waals surface area contributed by atoms with Gasteiger partial charge in [0.05, 0.1) is 18.4 Å². The molecule has 0 fully saturated rings. The van der Waals surface area contributed by atoms with Crippen LogP contribution in [-0.4, -0.2) is 13.1 Å². The molecule has 0 amide bonds. The fraction of sp³-hybridized carbons (Fsp3) is 0.0500. The molecule has 1 N–H and O–H groups in total. The van der Waals surface area contributed by atoms with E-state index in [0.717, 1.165) is 16.8 Å². The van der Waals surface area contributed by atoms with Gasteiger partial charge in [0, 0.05) is 16.3 Å². The summed E-state index contributed by atoms with van der Waals surface area (Å²) in [6, 6.07) is 22.8. The smallest absolute Gasteiger partial charge is 0.339 e. The molecule has 0 aliphatic rings. The van der Waals surface area contributed by atoms with E-state index in [2.05, 4.69) is 5.32 Å². The summed E-state index contributed by atoms with van der Waals surface area (Å²) in [6.45, 7) is 0. The van der Waals surface area contributed by atoms with Crippen LogP contribution >= 0.6 is 11.6 Å². The summed E-state index contributed by atoms with van der Waals surface area (Å²) < 4.78 is 4.92. The number of para-hydroxylation sites is 2. The van der Waals surface area contributed by atoms with E-state index >= 15 is 0 Å². The zero-order valence-corrected chi connectivity index (χ0v) is 13.9. The molecule has 3 nitrogen and oxygen atoms in total.